The number of aromatic hydroxyl groups is 6. The molecule has 0 aliphatic rings. The summed E-state index contributed by atoms with van der Waals surface area (Å²) in [6.45, 7) is 0. The van der Waals surface area contributed by atoms with Gasteiger partial charge >= 0.3 is 17.1 Å². The molecule has 0 saturated heterocycles. The Labute approximate surface area is 237 Å². The monoisotopic (exact) mass is 593 g/mol. The van der Waals surface area contributed by atoms with Gasteiger partial charge in [0.1, 0.15) is 0 Å². The number of aliphatic carboxylic acids is 3. The molecular formula is C27H21FeO12. The molecule has 209 valence electrons. The molecule has 40 heavy (non-hydrogen) atoms. The van der Waals surface area contributed by atoms with Crippen LogP contribution in [0.3, 0.4) is 0 Å². The fourth-order valence-corrected chi connectivity index (χ4v) is 2.43. The van der Waals surface area contributed by atoms with Crippen LogP contribution >= 0.6 is 0 Å². The van der Waals surface area contributed by atoms with Crippen LogP contribution in [0.25, 0.3) is 18.2 Å². The molecule has 0 saturated carbocycles. The van der Waals surface area contributed by atoms with Crippen molar-refractivity contribution in [1.82, 2.24) is 0 Å². The van der Waals surface area contributed by atoms with Gasteiger partial charge in [-0.05, 0) is 71.3 Å². The number of carboxylic acids is 3. The average molecular weight is 593 g/mol. The maximum absolute atomic E-state index is 10.0. The molecular weight excluding hydrogens is 572 g/mol. The summed E-state index contributed by atoms with van der Waals surface area (Å²) in [5.41, 5.74) is 1.42. The van der Waals surface area contributed by atoms with Crippen LogP contribution in [0.4, 0.5) is 0 Å². The fraction of sp³-hybridized carbons (Fsp3) is 0. The van der Waals surface area contributed by atoms with Gasteiger partial charge in [0.2, 0.25) is 0 Å². The molecule has 6 N–H and O–H groups in total. The van der Waals surface area contributed by atoms with Gasteiger partial charge in [0.15, 0.2) is 34.5 Å². The van der Waals surface area contributed by atoms with Gasteiger partial charge in [-0.1, -0.05) is 36.4 Å². The van der Waals surface area contributed by atoms with Crippen molar-refractivity contribution in [2.75, 3.05) is 0 Å². The third-order valence-electron chi connectivity index (χ3n) is 4.23. The predicted octanol–water partition coefficient (Wildman–Crippen LogP) is -0.420. The topological polar surface area (TPSA) is 242 Å². The van der Waals surface area contributed by atoms with E-state index in [9.17, 15) is 29.7 Å². The third kappa shape index (κ3) is 13.8. The summed E-state index contributed by atoms with van der Waals surface area (Å²) in [5.74, 6) is -5.55. The van der Waals surface area contributed by atoms with Crippen molar-refractivity contribution in [2.24, 2.45) is 0 Å². The number of benzene rings is 3. The number of hydrogen-bond acceptors (Lipinski definition) is 12. The van der Waals surface area contributed by atoms with E-state index in [2.05, 4.69) is 0 Å². The Morgan fingerprint density at radius 1 is 0.450 bits per heavy atom. The first kappa shape index (κ1) is 34.6. The minimum absolute atomic E-state index is 0. The van der Waals surface area contributed by atoms with E-state index in [-0.39, 0.29) is 51.6 Å². The summed E-state index contributed by atoms with van der Waals surface area (Å²) in [6, 6.07) is 11.9. The van der Waals surface area contributed by atoms with E-state index >= 15 is 0 Å². The van der Waals surface area contributed by atoms with Crippen molar-refractivity contribution in [3.63, 3.8) is 0 Å². The Balaban J connectivity index is 0.000000563. The maximum Gasteiger partial charge on any atom is 3.00 e. The van der Waals surface area contributed by atoms with Gasteiger partial charge in [-0.25, -0.2) is 0 Å². The predicted molar refractivity (Wildman–Crippen MR) is 131 cm³/mol. The molecule has 0 aliphatic carbocycles. The number of carboxylic acid groups (broad SMARTS) is 3. The van der Waals surface area contributed by atoms with E-state index in [1.54, 1.807) is 0 Å². The molecule has 12 nitrogen and oxygen atoms in total. The summed E-state index contributed by atoms with van der Waals surface area (Å²) in [6.07, 6.45) is 6.29. The number of phenols is 6. The summed E-state index contributed by atoms with van der Waals surface area (Å²) < 4.78 is 0. The largest absolute Gasteiger partial charge is 3.00 e. The Kier molecular flexibility index (Phi) is 14.9. The van der Waals surface area contributed by atoms with Gasteiger partial charge in [-0.2, -0.15) is 0 Å². The first-order valence-corrected chi connectivity index (χ1v) is 10.5. The zero-order chi connectivity index (χ0) is 29.5. The van der Waals surface area contributed by atoms with E-state index in [0.29, 0.717) is 16.7 Å². The molecule has 3 aromatic rings. The van der Waals surface area contributed by atoms with Crippen LogP contribution in [0.2, 0.25) is 0 Å². The molecule has 0 fully saturated rings. The van der Waals surface area contributed by atoms with Crippen LogP contribution in [-0.2, 0) is 31.5 Å². The van der Waals surface area contributed by atoms with Crippen molar-refractivity contribution in [3.8, 4) is 34.5 Å². The molecule has 0 aliphatic heterocycles. The molecule has 0 aromatic heterocycles. The molecule has 0 amide bonds. The minimum Gasteiger partial charge on any atom is -0.545 e. The van der Waals surface area contributed by atoms with Gasteiger partial charge in [0.05, 0.1) is 17.9 Å². The molecule has 0 heterocycles. The zero-order valence-corrected chi connectivity index (χ0v) is 21.3. The van der Waals surface area contributed by atoms with Crippen molar-refractivity contribution in [2.45, 2.75) is 0 Å². The van der Waals surface area contributed by atoms with Crippen molar-refractivity contribution < 1.29 is 77.4 Å². The van der Waals surface area contributed by atoms with E-state index in [1.165, 1.54) is 72.8 Å². The normalized spacial score (nSPS) is 10.2. The summed E-state index contributed by atoms with van der Waals surface area (Å²) in [5, 5.41) is 83.9. The molecule has 0 bridgehead atoms. The van der Waals surface area contributed by atoms with Crippen LogP contribution in [-0.4, -0.2) is 48.5 Å². The van der Waals surface area contributed by atoms with E-state index in [0.717, 1.165) is 18.2 Å². The van der Waals surface area contributed by atoms with Crippen LogP contribution in [0.1, 0.15) is 16.7 Å². The molecule has 0 spiro atoms. The first-order chi connectivity index (χ1) is 18.3. The zero-order valence-electron chi connectivity index (χ0n) is 20.1. The van der Waals surface area contributed by atoms with Crippen molar-refractivity contribution >= 4 is 36.1 Å². The second-order valence-electron chi connectivity index (χ2n) is 7.20. The Hall–Kier alpha value is -5.39. The summed E-state index contributed by atoms with van der Waals surface area (Å²) >= 11 is 0. The van der Waals surface area contributed by atoms with Crippen LogP contribution < -0.4 is 15.3 Å². The SMILES string of the molecule is O=C([O-])C=Cc1ccc(O)c(O)c1.O=C([O-])C=Cc1ccc(O)c(O)c1.O=C([O-])C=Cc1ccc(O)c(O)c1.[Fe+3]. The minimum atomic E-state index is -1.31. The third-order valence-corrected chi connectivity index (χ3v) is 4.23. The van der Waals surface area contributed by atoms with Gasteiger partial charge in [0.25, 0.3) is 0 Å². The first-order valence-electron chi connectivity index (χ1n) is 10.5. The van der Waals surface area contributed by atoms with E-state index in [1.807, 2.05) is 0 Å². The Morgan fingerprint density at radius 2 is 0.675 bits per heavy atom. The van der Waals surface area contributed by atoms with E-state index < -0.39 is 17.9 Å². The van der Waals surface area contributed by atoms with Crippen LogP contribution in [0, 0.1) is 0 Å². The van der Waals surface area contributed by atoms with Gasteiger partial charge < -0.3 is 60.3 Å². The Morgan fingerprint density at radius 3 is 0.850 bits per heavy atom. The smallest absolute Gasteiger partial charge is 0.545 e. The van der Waals surface area contributed by atoms with Gasteiger partial charge in [0, 0.05) is 0 Å². The molecule has 1 radical (unpaired) electrons. The second kappa shape index (κ2) is 17.2. The molecule has 3 rings (SSSR count). The molecule has 13 heteroatoms. The van der Waals surface area contributed by atoms with Crippen LogP contribution in [0.5, 0.6) is 34.5 Å². The quantitative estimate of drug-likeness (QED) is 0.121. The molecule has 3 aromatic carbocycles. The number of rotatable bonds is 6. The van der Waals surface area contributed by atoms with Gasteiger partial charge in [-0.15, -0.1) is 0 Å². The Bertz CT molecular complexity index is 1240. The standard InChI is InChI=1S/3C9H8O4.Fe/c3*10-7-3-1-6(5-8(7)11)2-4-9(12)13;/h3*1-5,10-11H,(H,12,13);/q;;;+3/p-3. The second-order valence-corrected chi connectivity index (χ2v) is 7.20. The number of phenolic OH excluding ortho intramolecular Hbond substituents is 6. The molecule has 0 unspecified atom stereocenters. The van der Waals surface area contributed by atoms with Crippen molar-refractivity contribution in [3.05, 3.63) is 89.5 Å². The maximum atomic E-state index is 10.0. The van der Waals surface area contributed by atoms with Gasteiger partial charge in [-0.3, -0.25) is 0 Å². The van der Waals surface area contributed by atoms with E-state index in [4.69, 9.17) is 30.6 Å². The summed E-state index contributed by atoms with van der Waals surface area (Å²) in [4.78, 5) is 30.0. The number of carbonyl (C=O) groups is 3. The van der Waals surface area contributed by atoms with Crippen LogP contribution in [0.15, 0.2) is 72.8 Å². The number of carbonyl (C=O) groups excluding carboxylic acids is 3. The average Bonchev–Trinajstić information content (AvgIpc) is 2.87. The fourth-order valence-electron chi connectivity index (χ4n) is 2.43. The summed E-state index contributed by atoms with van der Waals surface area (Å²) in [7, 11) is 0. The van der Waals surface area contributed by atoms with Crippen molar-refractivity contribution in [1.29, 1.82) is 0 Å². The number of hydrogen-bond donors (Lipinski definition) is 6. The molecule has 0 atom stereocenters.